The van der Waals surface area contributed by atoms with Gasteiger partial charge in [0.1, 0.15) is 5.75 Å². The summed E-state index contributed by atoms with van der Waals surface area (Å²) in [4.78, 5) is 0. The minimum Gasteiger partial charge on any atom is -0.486 e. The minimum absolute atomic E-state index is 0.0811. The van der Waals surface area contributed by atoms with Gasteiger partial charge in [0.2, 0.25) is 0 Å². The number of rotatable bonds is 4. The maximum absolute atomic E-state index is 13.9. The van der Waals surface area contributed by atoms with Crippen molar-refractivity contribution in [2.75, 3.05) is 6.61 Å². The van der Waals surface area contributed by atoms with Gasteiger partial charge in [0.25, 0.3) is 0 Å². The van der Waals surface area contributed by atoms with Crippen molar-refractivity contribution in [3.63, 3.8) is 0 Å². The Hall–Kier alpha value is -2.44. The molecule has 7 heteroatoms. The van der Waals surface area contributed by atoms with Crippen LogP contribution < -0.4 is 14.2 Å². The van der Waals surface area contributed by atoms with E-state index in [4.69, 9.17) is 4.74 Å². The van der Waals surface area contributed by atoms with Gasteiger partial charge in [0.15, 0.2) is 18.1 Å². The van der Waals surface area contributed by atoms with Crippen molar-refractivity contribution in [3.05, 3.63) is 52.1 Å². The van der Waals surface area contributed by atoms with Crippen LogP contribution in [0.25, 0.3) is 0 Å². The second-order valence-corrected chi connectivity index (χ2v) is 10.1. The first kappa shape index (κ1) is 26.2. The fourth-order valence-electron chi connectivity index (χ4n) is 4.29. The predicted octanol–water partition coefficient (Wildman–Crippen LogP) is 8.67. The fraction of sp³-hybridized carbons (Fsp3) is 0.556. The van der Waals surface area contributed by atoms with Gasteiger partial charge in [0.05, 0.1) is 5.56 Å². The molecule has 0 aliphatic carbocycles. The quantitative estimate of drug-likeness (QED) is 0.408. The molecule has 0 saturated carbocycles. The van der Waals surface area contributed by atoms with Crippen LogP contribution in [0.3, 0.4) is 0 Å². The third-order valence-electron chi connectivity index (χ3n) is 6.09. The first-order chi connectivity index (χ1) is 15.7. The van der Waals surface area contributed by atoms with Crippen LogP contribution in [0.4, 0.5) is 17.6 Å². The van der Waals surface area contributed by atoms with E-state index in [9.17, 15) is 17.6 Å². The number of hydrogen-bond donors (Lipinski definition) is 0. The molecule has 0 aromatic heterocycles. The van der Waals surface area contributed by atoms with Crippen LogP contribution in [0, 0.1) is 0 Å². The molecule has 0 spiro atoms. The van der Waals surface area contributed by atoms with Gasteiger partial charge in [-0.1, -0.05) is 79.7 Å². The summed E-state index contributed by atoms with van der Waals surface area (Å²) < 4.78 is 68.6. The topological polar surface area (TPSA) is 27.7 Å². The van der Waals surface area contributed by atoms with Crippen LogP contribution in [0.2, 0.25) is 0 Å². The number of halogens is 4. The molecular formula is C27H34F4O3. The Balaban J connectivity index is 0.000000191. The summed E-state index contributed by atoms with van der Waals surface area (Å²) in [6, 6.07) is 7.41. The van der Waals surface area contributed by atoms with E-state index < -0.39 is 18.8 Å². The Bertz CT molecular complexity index is 1000. The second-order valence-electron chi connectivity index (χ2n) is 10.1. The Morgan fingerprint density at radius 1 is 0.588 bits per heavy atom. The standard InChI is InChI=1S/C14H18F2O.C13H16F2O2/c1-8(2)10-5-6-11(9(3)4)13-12(10)14(15,16)7-17-13;1-7(2)9-5-6-10(8(3)4)12-11(9)16-13(14,15)17-12/h5-6,8-9H,7H2,1-4H3;5-8H,1-4H3. The van der Waals surface area contributed by atoms with Crippen molar-refractivity contribution < 1.29 is 31.8 Å². The molecule has 2 aromatic carbocycles. The van der Waals surface area contributed by atoms with Crippen molar-refractivity contribution in [2.24, 2.45) is 0 Å². The van der Waals surface area contributed by atoms with E-state index >= 15 is 0 Å². The van der Waals surface area contributed by atoms with Crippen molar-refractivity contribution >= 4 is 0 Å². The number of hydrogen-bond acceptors (Lipinski definition) is 3. The largest absolute Gasteiger partial charge is 0.586 e. The highest BCUT2D eigenvalue weighted by Crippen LogP contribution is 2.50. The van der Waals surface area contributed by atoms with Crippen molar-refractivity contribution in [2.45, 2.75) is 91.3 Å². The molecule has 2 aliphatic rings. The summed E-state index contributed by atoms with van der Waals surface area (Å²) in [5.74, 6) is -1.55. The van der Waals surface area contributed by atoms with E-state index in [-0.39, 0.29) is 40.7 Å². The Labute approximate surface area is 199 Å². The van der Waals surface area contributed by atoms with Crippen LogP contribution in [0.15, 0.2) is 24.3 Å². The van der Waals surface area contributed by atoms with Gasteiger partial charge in [0, 0.05) is 11.1 Å². The van der Waals surface area contributed by atoms with Crippen molar-refractivity contribution in [3.8, 4) is 17.2 Å². The molecule has 3 nitrogen and oxygen atoms in total. The number of alkyl halides is 4. The van der Waals surface area contributed by atoms with E-state index in [0.29, 0.717) is 11.3 Å². The highest BCUT2D eigenvalue weighted by atomic mass is 19.3. The third kappa shape index (κ3) is 4.98. The van der Waals surface area contributed by atoms with Gasteiger partial charge in [-0.2, -0.15) is 8.78 Å². The maximum Gasteiger partial charge on any atom is 0.586 e. The summed E-state index contributed by atoms with van der Waals surface area (Å²) in [7, 11) is 0. The normalized spacial score (nSPS) is 17.2. The molecule has 4 rings (SSSR count). The number of ether oxygens (including phenoxy) is 3. The molecular weight excluding hydrogens is 448 g/mol. The lowest BCUT2D eigenvalue weighted by molar-refractivity contribution is -0.287. The Morgan fingerprint density at radius 3 is 1.32 bits per heavy atom. The maximum atomic E-state index is 13.9. The van der Waals surface area contributed by atoms with E-state index in [1.165, 1.54) is 0 Å². The first-order valence-corrected chi connectivity index (χ1v) is 11.8. The molecule has 0 bridgehead atoms. The number of benzene rings is 2. The summed E-state index contributed by atoms with van der Waals surface area (Å²) in [6.45, 7) is 15.1. The molecule has 0 amide bonds. The van der Waals surface area contributed by atoms with E-state index in [2.05, 4.69) is 9.47 Å². The molecule has 0 saturated heterocycles. The van der Waals surface area contributed by atoms with Gasteiger partial charge in [-0.15, -0.1) is 8.78 Å². The van der Waals surface area contributed by atoms with Crippen molar-refractivity contribution in [1.29, 1.82) is 0 Å². The number of fused-ring (bicyclic) bond motifs is 2. The van der Waals surface area contributed by atoms with Gasteiger partial charge >= 0.3 is 12.2 Å². The summed E-state index contributed by atoms with van der Waals surface area (Å²) in [5.41, 5.74) is 3.19. The molecule has 2 heterocycles. The third-order valence-corrected chi connectivity index (χ3v) is 6.09. The molecule has 0 unspecified atom stereocenters. The molecule has 2 aromatic rings. The average molecular weight is 483 g/mol. The Kier molecular flexibility index (Phi) is 7.16. The predicted molar refractivity (Wildman–Crippen MR) is 125 cm³/mol. The van der Waals surface area contributed by atoms with Gasteiger partial charge in [-0.25, -0.2) is 0 Å². The fourth-order valence-corrected chi connectivity index (χ4v) is 4.29. The molecule has 34 heavy (non-hydrogen) atoms. The molecule has 2 aliphatic heterocycles. The lowest BCUT2D eigenvalue weighted by Crippen LogP contribution is -2.26. The van der Waals surface area contributed by atoms with Crippen LogP contribution in [-0.2, 0) is 5.92 Å². The highest BCUT2D eigenvalue weighted by molar-refractivity contribution is 5.56. The zero-order valence-electron chi connectivity index (χ0n) is 21.1. The Morgan fingerprint density at radius 2 is 0.941 bits per heavy atom. The smallest absolute Gasteiger partial charge is 0.486 e. The molecule has 0 radical (unpaired) electrons. The van der Waals surface area contributed by atoms with E-state index in [1.807, 2.05) is 79.7 Å². The van der Waals surface area contributed by atoms with Crippen molar-refractivity contribution in [1.82, 2.24) is 0 Å². The lowest BCUT2D eigenvalue weighted by Gasteiger charge is -2.18. The average Bonchev–Trinajstić information content (AvgIpc) is 3.21. The summed E-state index contributed by atoms with van der Waals surface area (Å²) in [5, 5.41) is 0. The van der Waals surface area contributed by atoms with Gasteiger partial charge < -0.3 is 14.2 Å². The summed E-state index contributed by atoms with van der Waals surface area (Å²) in [6.07, 6.45) is -3.54. The molecule has 0 atom stereocenters. The second kappa shape index (κ2) is 9.31. The van der Waals surface area contributed by atoms with Crippen LogP contribution in [0.1, 0.15) is 107 Å². The van der Waals surface area contributed by atoms with Crippen LogP contribution in [0.5, 0.6) is 17.2 Å². The van der Waals surface area contributed by atoms with Gasteiger partial charge in [-0.3, -0.25) is 0 Å². The minimum atomic E-state index is -3.54. The van der Waals surface area contributed by atoms with Crippen LogP contribution >= 0.6 is 0 Å². The van der Waals surface area contributed by atoms with Crippen LogP contribution in [-0.4, -0.2) is 12.9 Å². The zero-order chi connectivity index (χ0) is 25.6. The summed E-state index contributed by atoms with van der Waals surface area (Å²) >= 11 is 0. The monoisotopic (exact) mass is 482 g/mol. The lowest BCUT2D eigenvalue weighted by atomic mass is 9.89. The first-order valence-electron chi connectivity index (χ1n) is 11.8. The van der Waals surface area contributed by atoms with E-state index in [1.54, 1.807) is 0 Å². The van der Waals surface area contributed by atoms with E-state index in [0.717, 1.165) is 16.7 Å². The SMILES string of the molecule is CC(C)c1ccc(C(C)C)c2c1OC(F)(F)O2.CC(C)c1ccc(C(C)C)c2c1OCC2(F)F. The molecule has 0 fully saturated rings. The zero-order valence-corrected chi connectivity index (χ0v) is 21.1. The highest BCUT2D eigenvalue weighted by Gasteiger charge is 2.46. The van der Waals surface area contributed by atoms with Gasteiger partial charge in [-0.05, 0) is 34.8 Å². The molecule has 0 N–H and O–H groups in total. The molecule has 188 valence electrons.